The van der Waals surface area contributed by atoms with Gasteiger partial charge in [0.2, 0.25) is 5.88 Å². The van der Waals surface area contributed by atoms with Crippen molar-refractivity contribution in [2.45, 2.75) is 33.9 Å². The molecular weight excluding hydrogens is 483 g/mol. The van der Waals surface area contributed by atoms with E-state index in [0.717, 1.165) is 18.2 Å². The Kier molecular flexibility index (Phi) is 6.19. The van der Waals surface area contributed by atoms with Gasteiger partial charge in [0.25, 0.3) is 0 Å². The third-order valence-electron chi connectivity index (χ3n) is 5.96. The summed E-state index contributed by atoms with van der Waals surface area (Å²) in [6.45, 7) is 5.85. The molecule has 4 aromatic rings. The number of H-pyrrole nitrogens is 1. The topological polar surface area (TPSA) is 72.8 Å². The van der Waals surface area contributed by atoms with Crippen LogP contribution in [0.25, 0.3) is 22.5 Å². The molecule has 0 saturated carbocycles. The number of benzene rings is 1. The zero-order valence-electron chi connectivity index (χ0n) is 19.9. The number of nitrogens with one attached hydrogen (secondary N) is 1. The molecule has 11 heteroatoms. The lowest BCUT2D eigenvalue weighted by Crippen LogP contribution is -2.13. The van der Waals surface area contributed by atoms with E-state index >= 15 is 0 Å². The van der Waals surface area contributed by atoms with Gasteiger partial charge in [-0.25, -0.2) is 18.7 Å². The van der Waals surface area contributed by atoms with Crippen molar-refractivity contribution in [3.63, 3.8) is 0 Å². The Bertz CT molecular complexity index is 1530. The largest absolute Gasteiger partial charge is 0.438 e. The molecule has 188 valence electrons. The Labute approximate surface area is 202 Å². The van der Waals surface area contributed by atoms with Crippen LogP contribution in [0.5, 0.6) is 11.6 Å². The van der Waals surface area contributed by atoms with E-state index < -0.39 is 28.8 Å². The fourth-order valence-electron chi connectivity index (χ4n) is 3.93. The highest BCUT2D eigenvalue weighted by molar-refractivity contribution is 5.74. The first-order chi connectivity index (χ1) is 16.8. The molecule has 0 aliphatic rings. The molecule has 0 amide bonds. The Balaban J connectivity index is 1.93. The summed E-state index contributed by atoms with van der Waals surface area (Å²) in [5.74, 6) is -2.04. The van der Waals surface area contributed by atoms with Crippen LogP contribution in [-0.4, -0.2) is 19.5 Å². The van der Waals surface area contributed by atoms with Gasteiger partial charge in [-0.05, 0) is 45.4 Å². The second kappa shape index (κ2) is 8.89. The average Bonchev–Trinajstić information content (AvgIpc) is 3.10. The molecule has 1 aromatic carbocycles. The molecule has 36 heavy (non-hydrogen) atoms. The monoisotopic (exact) mass is 504 g/mol. The zero-order chi connectivity index (χ0) is 26.5. The maximum Gasteiger partial charge on any atom is 0.418 e. The van der Waals surface area contributed by atoms with E-state index in [1.54, 1.807) is 31.7 Å². The molecular formula is C25H21F5N4O2. The average molecular weight is 504 g/mol. The zero-order valence-corrected chi connectivity index (χ0v) is 19.9. The van der Waals surface area contributed by atoms with Crippen molar-refractivity contribution in [3.05, 3.63) is 80.7 Å². The summed E-state index contributed by atoms with van der Waals surface area (Å²) in [5, 5.41) is 0. The second-order valence-electron chi connectivity index (χ2n) is 8.39. The maximum absolute atomic E-state index is 14.1. The molecule has 4 rings (SSSR count). The standard InChI is InChI=1S/C25H21F5N4O2/c1-11-15(25(28,29)30)9-31-24(36-20-7-6-16(26)23(27)12(20)2)21(11)17-8-19(35)22(13(3)32-17)18-10-34(5)14(4)33-18/h6-10H,1-5H3,(H,32,35). The summed E-state index contributed by atoms with van der Waals surface area (Å²) in [6.07, 6.45) is -2.47. The Morgan fingerprint density at radius 3 is 2.31 bits per heavy atom. The number of hydrogen-bond acceptors (Lipinski definition) is 4. The predicted molar refractivity (Wildman–Crippen MR) is 123 cm³/mol. The van der Waals surface area contributed by atoms with Crippen LogP contribution >= 0.6 is 0 Å². The SMILES string of the molecule is Cc1[nH]c(-c2c(Oc3ccc(F)c(F)c3C)ncc(C(F)(F)F)c2C)cc(=O)c1-c1cn(C)c(C)n1. The van der Waals surface area contributed by atoms with Gasteiger partial charge in [0, 0.05) is 36.8 Å². The minimum absolute atomic E-state index is 0.0141. The Morgan fingerprint density at radius 2 is 1.72 bits per heavy atom. The number of hydrogen-bond donors (Lipinski definition) is 1. The van der Waals surface area contributed by atoms with Crippen molar-refractivity contribution in [2.24, 2.45) is 7.05 Å². The molecule has 6 nitrogen and oxygen atoms in total. The number of aromatic nitrogens is 4. The fraction of sp³-hybridized carbons (Fsp3) is 0.240. The number of nitrogens with zero attached hydrogens (tertiary/aromatic N) is 3. The second-order valence-corrected chi connectivity index (χ2v) is 8.39. The lowest BCUT2D eigenvalue weighted by Gasteiger charge is -2.19. The first-order valence-electron chi connectivity index (χ1n) is 10.7. The van der Waals surface area contributed by atoms with E-state index in [1.807, 2.05) is 0 Å². The van der Waals surface area contributed by atoms with E-state index in [4.69, 9.17) is 4.74 Å². The van der Waals surface area contributed by atoms with Gasteiger partial charge in [-0.2, -0.15) is 13.2 Å². The van der Waals surface area contributed by atoms with Gasteiger partial charge in [-0.3, -0.25) is 4.79 Å². The first kappa shape index (κ1) is 25.1. The number of rotatable bonds is 4. The third-order valence-corrected chi connectivity index (χ3v) is 5.96. The molecule has 0 spiro atoms. The number of imidazole rings is 1. The summed E-state index contributed by atoms with van der Waals surface area (Å²) in [6, 6.07) is 3.12. The maximum atomic E-state index is 14.1. The van der Waals surface area contributed by atoms with Crippen LogP contribution in [0.4, 0.5) is 22.0 Å². The van der Waals surface area contributed by atoms with Crippen LogP contribution < -0.4 is 10.2 Å². The van der Waals surface area contributed by atoms with E-state index in [2.05, 4.69) is 15.0 Å². The number of aryl methyl sites for hydroxylation is 3. The van der Waals surface area contributed by atoms with E-state index in [0.29, 0.717) is 23.4 Å². The van der Waals surface area contributed by atoms with E-state index in [1.165, 1.54) is 13.8 Å². The summed E-state index contributed by atoms with van der Waals surface area (Å²) in [4.78, 5) is 24.3. The number of aromatic amines is 1. The van der Waals surface area contributed by atoms with Gasteiger partial charge in [0.1, 0.15) is 11.6 Å². The molecule has 0 fully saturated rings. The predicted octanol–water partition coefficient (Wildman–Crippen LogP) is 6.16. The van der Waals surface area contributed by atoms with Crippen LogP contribution in [0.1, 0.15) is 28.2 Å². The van der Waals surface area contributed by atoms with Crippen molar-refractivity contribution in [2.75, 3.05) is 0 Å². The number of alkyl halides is 3. The number of ether oxygens (including phenoxy) is 1. The molecule has 0 radical (unpaired) electrons. The minimum atomic E-state index is -4.73. The highest BCUT2D eigenvalue weighted by Gasteiger charge is 2.35. The summed E-state index contributed by atoms with van der Waals surface area (Å²) in [5.41, 5.74) is -1.05. The molecule has 3 aromatic heterocycles. The summed E-state index contributed by atoms with van der Waals surface area (Å²) < 4.78 is 76.1. The summed E-state index contributed by atoms with van der Waals surface area (Å²) in [7, 11) is 1.77. The van der Waals surface area contributed by atoms with Gasteiger partial charge in [-0.15, -0.1) is 0 Å². The van der Waals surface area contributed by atoms with Gasteiger partial charge >= 0.3 is 6.18 Å². The molecule has 0 atom stereocenters. The molecule has 0 aliphatic carbocycles. The normalized spacial score (nSPS) is 11.7. The quantitative estimate of drug-likeness (QED) is 0.338. The highest BCUT2D eigenvalue weighted by atomic mass is 19.4. The lowest BCUT2D eigenvalue weighted by atomic mass is 10.00. The first-order valence-corrected chi connectivity index (χ1v) is 10.7. The minimum Gasteiger partial charge on any atom is -0.438 e. The number of halogens is 5. The Morgan fingerprint density at radius 1 is 1.03 bits per heavy atom. The molecule has 0 saturated heterocycles. The van der Waals surface area contributed by atoms with Crippen molar-refractivity contribution in [1.82, 2.24) is 19.5 Å². The van der Waals surface area contributed by atoms with Crippen LogP contribution in [-0.2, 0) is 13.2 Å². The highest BCUT2D eigenvalue weighted by Crippen LogP contribution is 2.41. The molecule has 0 aliphatic heterocycles. The van der Waals surface area contributed by atoms with Crippen LogP contribution in [0.15, 0.2) is 35.4 Å². The van der Waals surface area contributed by atoms with Crippen molar-refractivity contribution in [3.8, 4) is 34.1 Å². The van der Waals surface area contributed by atoms with Crippen molar-refractivity contribution >= 4 is 0 Å². The molecule has 0 bridgehead atoms. The molecule has 3 heterocycles. The summed E-state index contributed by atoms with van der Waals surface area (Å²) >= 11 is 0. The van der Waals surface area contributed by atoms with Crippen LogP contribution in [0.3, 0.4) is 0 Å². The van der Waals surface area contributed by atoms with Gasteiger partial charge in [0.05, 0.1) is 28.1 Å². The van der Waals surface area contributed by atoms with Gasteiger partial charge in [0.15, 0.2) is 17.1 Å². The molecule has 0 unspecified atom stereocenters. The van der Waals surface area contributed by atoms with E-state index in [9.17, 15) is 26.7 Å². The van der Waals surface area contributed by atoms with Gasteiger partial charge < -0.3 is 14.3 Å². The van der Waals surface area contributed by atoms with Crippen LogP contribution in [0, 0.1) is 39.3 Å². The molecule has 1 N–H and O–H groups in total. The van der Waals surface area contributed by atoms with Crippen molar-refractivity contribution in [1.29, 1.82) is 0 Å². The van der Waals surface area contributed by atoms with Crippen LogP contribution in [0.2, 0.25) is 0 Å². The Hall–Kier alpha value is -4.02. The lowest BCUT2D eigenvalue weighted by molar-refractivity contribution is -0.138. The smallest absolute Gasteiger partial charge is 0.418 e. The van der Waals surface area contributed by atoms with Crippen molar-refractivity contribution < 1.29 is 26.7 Å². The number of pyridine rings is 2. The third kappa shape index (κ3) is 4.36. The fourth-order valence-corrected chi connectivity index (χ4v) is 3.93. The van der Waals surface area contributed by atoms with E-state index in [-0.39, 0.29) is 39.6 Å². The van der Waals surface area contributed by atoms with Gasteiger partial charge in [-0.1, -0.05) is 0 Å².